The first-order chi connectivity index (χ1) is 40.6. The summed E-state index contributed by atoms with van der Waals surface area (Å²) in [6, 6.07) is -4.10. The van der Waals surface area contributed by atoms with Crippen LogP contribution in [0.15, 0.2) is 30.3 Å². The maximum absolute atomic E-state index is 14.3. The van der Waals surface area contributed by atoms with Crippen molar-refractivity contribution in [2.45, 2.75) is 193 Å². The minimum absolute atomic E-state index is 0.177. The van der Waals surface area contributed by atoms with Crippen LogP contribution in [0.3, 0.4) is 0 Å². The van der Waals surface area contributed by atoms with Gasteiger partial charge in [0.25, 0.3) is 0 Å². The van der Waals surface area contributed by atoms with Crippen LogP contribution in [0, 0.1) is 29.6 Å². The number of hydrogen-bond donors (Lipinski definition) is 14. The molecule has 482 valence electrons. The number of aliphatic hydroxyl groups is 2. The Hall–Kier alpha value is -7.40. The molecule has 29 heteroatoms. The first-order valence-corrected chi connectivity index (χ1v) is 29.3. The number of rotatable bonds is 32. The number of carbonyl (C=O) groups is 12. The second-order valence-electron chi connectivity index (χ2n) is 22.4. The summed E-state index contributed by atoms with van der Waals surface area (Å²) in [5.74, 6) is -15.0. The van der Waals surface area contributed by atoms with Crippen LogP contribution >= 0.6 is 0 Å². The van der Waals surface area contributed by atoms with Crippen LogP contribution in [-0.2, 0) is 68.7 Å². The van der Waals surface area contributed by atoms with E-state index in [1.807, 2.05) is 30.3 Å². The van der Waals surface area contributed by atoms with Crippen molar-refractivity contribution < 1.29 is 81.3 Å². The summed E-state index contributed by atoms with van der Waals surface area (Å²) in [6.45, 7) is 11.6. The molecule has 11 amide bonds. The van der Waals surface area contributed by atoms with Gasteiger partial charge in [0.2, 0.25) is 71.4 Å². The molecule has 1 heterocycles. The first kappa shape index (κ1) is 72.9. The van der Waals surface area contributed by atoms with Crippen LogP contribution < -0.4 is 64.2 Å². The van der Waals surface area contributed by atoms with Crippen LogP contribution in [-0.4, -0.2) is 180 Å². The van der Waals surface area contributed by atoms with Gasteiger partial charge in [0.15, 0.2) is 0 Å². The van der Waals surface area contributed by atoms with Crippen molar-refractivity contribution in [3.8, 4) is 0 Å². The molecule has 1 saturated heterocycles. The van der Waals surface area contributed by atoms with Gasteiger partial charge in [0.05, 0.1) is 25.8 Å². The fourth-order valence-corrected chi connectivity index (χ4v) is 9.57. The highest BCUT2D eigenvalue weighted by Crippen LogP contribution is 2.47. The number of halogens is 2. The maximum atomic E-state index is 14.3. The SMILES string of the molecule is CC[C@H](C)[C@H](NC(=O)[C@@H](Cc1ccccc1)NC)C(=O)N[C@@H](CO)C(=O)N[C@H](CCC(N)=O)C(=O)N[C@@H](C(=O)N[C@H](C(=O)N[C@@H](CO)C(=O)N[C@H]1C(=O)NCC(=O)N[C@@]2(C[C@H]2CC(F)F)C(=O)N[C@@H]([C@@H](C)CC)C(=O)O[C@H]1C)[C@@H](C)CC)[C@@H](C)CC. The first-order valence-electron chi connectivity index (χ1n) is 29.3. The van der Waals surface area contributed by atoms with Crippen molar-refractivity contribution in [1.29, 1.82) is 0 Å². The number of esters is 1. The smallest absolute Gasteiger partial charge is 0.329 e. The Morgan fingerprint density at radius 3 is 1.64 bits per heavy atom. The molecule has 1 spiro atoms. The second-order valence-corrected chi connectivity index (χ2v) is 22.4. The molecule has 0 aromatic heterocycles. The number of benzene rings is 1. The zero-order chi connectivity index (χ0) is 64.7. The zero-order valence-electron chi connectivity index (χ0n) is 50.6. The van der Waals surface area contributed by atoms with Crippen molar-refractivity contribution >= 4 is 70.9 Å². The van der Waals surface area contributed by atoms with E-state index in [-0.39, 0.29) is 19.3 Å². The Balaban J connectivity index is 1.83. The summed E-state index contributed by atoms with van der Waals surface area (Å²) in [6.07, 6.45) is -4.68. The fourth-order valence-electron chi connectivity index (χ4n) is 9.57. The number of likely N-dealkylation sites (N-methyl/N-ethyl adjacent to an activating group) is 1. The van der Waals surface area contributed by atoms with E-state index in [0.717, 1.165) is 5.56 Å². The molecular weight excluding hydrogens is 1130 g/mol. The topological polar surface area (TPSA) is 413 Å². The van der Waals surface area contributed by atoms with E-state index < -0.39 is 212 Å². The van der Waals surface area contributed by atoms with Gasteiger partial charge >= 0.3 is 5.97 Å². The molecule has 16 atom stereocenters. The summed E-state index contributed by atoms with van der Waals surface area (Å²) >= 11 is 0. The van der Waals surface area contributed by atoms with E-state index in [2.05, 4.69) is 58.5 Å². The van der Waals surface area contributed by atoms with Gasteiger partial charge in [-0.05, 0) is 68.4 Å². The molecule has 3 rings (SSSR count). The lowest BCUT2D eigenvalue weighted by Crippen LogP contribution is -2.63. The highest BCUT2D eigenvalue weighted by Gasteiger charge is 2.62. The Bertz CT molecular complexity index is 2540. The molecular formula is C57H90F2N12O15. The number of aliphatic hydroxyl groups excluding tert-OH is 2. The highest BCUT2D eigenvalue weighted by atomic mass is 19.3. The molecule has 86 heavy (non-hydrogen) atoms. The van der Waals surface area contributed by atoms with Gasteiger partial charge in [-0.15, -0.1) is 0 Å². The number of carbonyl (C=O) groups excluding carboxylic acids is 12. The third-order valence-corrected chi connectivity index (χ3v) is 16.1. The van der Waals surface area contributed by atoms with Gasteiger partial charge in [-0.3, -0.25) is 52.7 Å². The number of nitrogens with one attached hydrogen (secondary N) is 11. The molecule has 1 aliphatic carbocycles. The summed E-state index contributed by atoms with van der Waals surface area (Å²) in [4.78, 5) is 164. The highest BCUT2D eigenvalue weighted by molar-refractivity contribution is 6.00. The standard InChI is InChI=1S/C57H90F2N12O15/c1-11-28(5)42(67-48(77)36(61-10)22-33-18-16-15-17-19-33)52(81)64-37(26-72)49(78)63-35(20-21-40(60)74)47(76)66-44(30(7)13-3)54(83)68-43(29(6)12-2)53(82)65-38(27-73)50(79)69-46-32(9)86-55(84)45(31(8)14-4)70-56(85)57(24-34(57)23-39(58)59)71-41(75)25-62-51(46)80/h15-19,28-32,34-39,42-46,61,72-73H,11-14,20-27H2,1-10H3,(H2,60,74)(H,62,80)(H,63,78)(H,64,81)(H,65,82)(H,66,76)(H,67,77)(H,68,83)(H,69,79)(H,70,85)(H,71,75)/t28-,29-,30-,31-,32-,34+,35+,36+,37-,38-,42-,43-,44+,45-,46+,57+/m0/s1. The van der Waals surface area contributed by atoms with Gasteiger partial charge in [-0.25, -0.2) is 13.6 Å². The van der Waals surface area contributed by atoms with Gasteiger partial charge in [0.1, 0.15) is 60.0 Å². The monoisotopic (exact) mass is 1220 g/mol. The van der Waals surface area contributed by atoms with E-state index in [0.29, 0.717) is 19.3 Å². The van der Waals surface area contributed by atoms with Crippen molar-refractivity contribution in [3.05, 3.63) is 35.9 Å². The Morgan fingerprint density at radius 2 is 1.16 bits per heavy atom. The molecule has 0 radical (unpaired) electrons. The van der Waals surface area contributed by atoms with Crippen LogP contribution in [0.1, 0.15) is 119 Å². The number of cyclic esters (lactones) is 1. The molecule has 1 aromatic carbocycles. The molecule has 0 unspecified atom stereocenters. The normalized spacial score (nSPS) is 22.8. The Kier molecular flexibility index (Phi) is 29.4. The molecule has 1 saturated carbocycles. The molecule has 1 aromatic rings. The minimum atomic E-state index is -2.82. The minimum Gasteiger partial charge on any atom is -0.458 e. The van der Waals surface area contributed by atoms with E-state index in [1.165, 1.54) is 6.92 Å². The number of hydrogen-bond acceptors (Lipinski definition) is 16. The lowest BCUT2D eigenvalue weighted by atomic mass is 9.94. The van der Waals surface area contributed by atoms with E-state index in [1.54, 1.807) is 62.4 Å². The summed E-state index contributed by atoms with van der Waals surface area (Å²) in [5, 5.41) is 48.5. The van der Waals surface area contributed by atoms with E-state index in [4.69, 9.17) is 10.5 Å². The fraction of sp³-hybridized carbons (Fsp3) is 0.684. The van der Waals surface area contributed by atoms with E-state index >= 15 is 0 Å². The van der Waals surface area contributed by atoms with Crippen LogP contribution in [0.2, 0.25) is 0 Å². The maximum Gasteiger partial charge on any atom is 0.329 e. The van der Waals surface area contributed by atoms with Gasteiger partial charge in [-0.2, -0.15) is 0 Å². The predicted octanol–water partition coefficient (Wildman–Crippen LogP) is -2.28. The summed E-state index contributed by atoms with van der Waals surface area (Å²) in [7, 11) is 1.59. The van der Waals surface area contributed by atoms with Crippen molar-refractivity contribution in [2.24, 2.45) is 35.3 Å². The molecule has 1 aliphatic heterocycles. The van der Waals surface area contributed by atoms with Crippen LogP contribution in [0.5, 0.6) is 0 Å². The molecule has 2 aliphatic rings. The second kappa shape index (κ2) is 34.7. The predicted molar refractivity (Wildman–Crippen MR) is 307 cm³/mol. The molecule has 15 N–H and O–H groups in total. The third kappa shape index (κ3) is 20.9. The number of nitrogens with two attached hydrogens (primary N) is 1. The quantitative estimate of drug-likeness (QED) is 0.0338. The number of ether oxygens (including phenoxy) is 1. The average Bonchev–Trinajstić information content (AvgIpc) is 1.70. The third-order valence-electron chi connectivity index (χ3n) is 16.1. The average molecular weight is 1220 g/mol. The van der Waals surface area contributed by atoms with Crippen molar-refractivity contribution in [1.82, 2.24) is 58.5 Å². The number of alkyl halides is 2. The van der Waals surface area contributed by atoms with Gasteiger partial charge in [0, 0.05) is 12.8 Å². The Labute approximate surface area is 499 Å². The van der Waals surface area contributed by atoms with Crippen LogP contribution in [0.4, 0.5) is 8.78 Å². The van der Waals surface area contributed by atoms with Crippen LogP contribution in [0.25, 0.3) is 0 Å². The van der Waals surface area contributed by atoms with Crippen molar-refractivity contribution in [2.75, 3.05) is 26.8 Å². The Morgan fingerprint density at radius 1 is 0.686 bits per heavy atom. The van der Waals surface area contributed by atoms with Gasteiger partial charge < -0.3 is 79.2 Å². The molecule has 27 nitrogen and oxygen atoms in total. The summed E-state index contributed by atoms with van der Waals surface area (Å²) in [5.41, 5.74) is 4.47. The molecule has 0 bridgehead atoms. The molecule has 2 fully saturated rings. The van der Waals surface area contributed by atoms with Crippen molar-refractivity contribution in [3.63, 3.8) is 0 Å². The van der Waals surface area contributed by atoms with Gasteiger partial charge in [-0.1, -0.05) is 111 Å². The number of primary amides is 1. The largest absolute Gasteiger partial charge is 0.458 e. The zero-order valence-corrected chi connectivity index (χ0v) is 50.6. The summed E-state index contributed by atoms with van der Waals surface area (Å²) < 4.78 is 32.6. The number of amides is 11. The van der Waals surface area contributed by atoms with E-state index in [9.17, 15) is 76.5 Å². The lowest BCUT2D eigenvalue weighted by molar-refractivity contribution is -0.157. The lowest BCUT2D eigenvalue weighted by Gasteiger charge is -2.31.